The number of rotatable bonds is 2. The van der Waals surface area contributed by atoms with Crippen LogP contribution in [0.25, 0.3) is 0 Å². The van der Waals surface area contributed by atoms with E-state index in [-0.39, 0.29) is 36.4 Å². The minimum Gasteiger partial charge on any atom is -0.392 e. The molecule has 2 atom stereocenters. The van der Waals surface area contributed by atoms with Crippen molar-refractivity contribution in [1.82, 2.24) is 5.32 Å². The lowest BCUT2D eigenvalue weighted by Gasteiger charge is -2.52. The summed E-state index contributed by atoms with van der Waals surface area (Å²) in [6.07, 6.45) is 0.307. The van der Waals surface area contributed by atoms with Crippen molar-refractivity contribution < 1.29 is 13.9 Å². The molecule has 0 aromatic carbocycles. The zero-order valence-electron chi connectivity index (χ0n) is 8.56. The van der Waals surface area contributed by atoms with E-state index in [0.717, 1.165) is 0 Å². The van der Waals surface area contributed by atoms with Gasteiger partial charge in [0, 0.05) is 30.3 Å². The Balaban J connectivity index is 1.79. The van der Waals surface area contributed by atoms with Gasteiger partial charge in [0.2, 0.25) is 0 Å². The van der Waals surface area contributed by atoms with Crippen molar-refractivity contribution in [2.45, 2.75) is 57.2 Å². The van der Waals surface area contributed by atoms with E-state index in [2.05, 4.69) is 5.32 Å². The fourth-order valence-corrected chi connectivity index (χ4v) is 2.25. The zero-order valence-corrected chi connectivity index (χ0v) is 8.56. The maximum Gasteiger partial charge on any atom is 0.251 e. The third-order valence-electron chi connectivity index (χ3n) is 3.74. The highest BCUT2D eigenvalue weighted by atomic mass is 19.3. The topological polar surface area (TPSA) is 32.3 Å². The van der Waals surface area contributed by atoms with Gasteiger partial charge in [-0.15, -0.1) is 0 Å². The zero-order chi connectivity index (χ0) is 10.6. The molecule has 4 heteroatoms. The standard InChI is InChI=1S/C10H17F2NO/c1-9(2)7(3-8(9)14)13-6-4-10(11,12)5-6/h6-8,13-14H,3-5H2,1-2H3. The van der Waals surface area contributed by atoms with Gasteiger partial charge in [-0.05, 0) is 6.42 Å². The maximum atomic E-state index is 12.5. The van der Waals surface area contributed by atoms with Crippen LogP contribution in [0.5, 0.6) is 0 Å². The minimum absolute atomic E-state index is 0.0460. The van der Waals surface area contributed by atoms with Crippen LogP contribution in [0, 0.1) is 5.41 Å². The average Bonchev–Trinajstić information content (AvgIpc) is 2.00. The van der Waals surface area contributed by atoms with Crippen molar-refractivity contribution in [1.29, 1.82) is 0 Å². The number of aliphatic hydroxyl groups excluding tert-OH is 1. The Morgan fingerprint density at radius 3 is 2.21 bits per heavy atom. The largest absolute Gasteiger partial charge is 0.392 e. The van der Waals surface area contributed by atoms with Crippen LogP contribution in [0.4, 0.5) is 8.78 Å². The first-order valence-electron chi connectivity index (χ1n) is 5.13. The predicted molar refractivity (Wildman–Crippen MR) is 49.3 cm³/mol. The molecule has 0 aromatic heterocycles. The molecule has 0 bridgehead atoms. The van der Waals surface area contributed by atoms with Crippen LogP contribution in [0.3, 0.4) is 0 Å². The van der Waals surface area contributed by atoms with Crippen molar-refractivity contribution in [2.24, 2.45) is 5.41 Å². The lowest BCUT2D eigenvalue weighted by molar-refractivity contribution is -0.121. The molecule has 2 saturated carbocycles. The van der Waals surface area contributed by atoms with Crippen LogP contribution < -0.4 is 5.32 Å². The van der Waals surface area contributed by atoms with Crippen LogP contribution in [0.15, 0.2) is 0 Å². The molecule has 2 fully saturated rings. The molecule has 0 aliphatic heterocycles. The molecule has 0 heterocycles. The first-order valence-corrected chi connectivity index (χ1v) is 5.13. The number of aliphatic hydroxyl groups is 1. The highest BCUT2D eigenvalue weighted by Crippen LogP contribution is 2.44. The molecule has 0 amide bonds. The number of halogens is 2. The molecular weight excluding hydrogens is 188 g/mol. The lowest BCUT2D eigenvalue weighted by atomic mass is 9.64. The van der Waals surface area contributed by atoms with E-state index in [9.17, 15) is 13.9 Å². The second kappa shape index (κ2) is 2.89. The number of nitrogens with one attached hydrogen (secondary N) is 1. The van der Waals surface area contributed by atoms with E-state index in [1.54, 1.807) is 0 Å². The summed E-state index contributed by atoms with van der Waals surface area (Å²) in [5.74, 6) is -2.45. The summed E-state index contributed by atoms with van der Waals surface area (Å²) in [5, 5.41) is 12.7. The molecule has 14 heavy (non-hydrogen) atoms. The van der Waals surface area contributed by atoms with Gasteiger partial charge in [0.1, 0.15) is 0 Å². The van der Waals surface area contributed by atoms with Crippen molar-refractivity contribution >= 4 is 0 Å². The van der Waals surface area contributed by atoms with Crippen molar-refractivity contribution in [2.75, 3.05) is 0 Å². The molecule has 2 N–H and O–H groups in total. The van der Waals surface area contributed by atoms with Crippen LogP contribution in [0.2, 0.25) is 0 Å². The summed E-state index contributed by atoms with van der Waals surface area (Å²) in [5.41, 5.74) is -0.162. The molecule has 0 aromatic rings. The van der Waals surface area contributed by atoms with Gasteiger partial charge in [0.15, 0.2) is 0 Å². The van der Waals surface area contributed by atoms with Gasteiger partial charge in [-0.1, -0.05) is 13.8 Å². The SMILES string of the molecule is CC1(C)C(O)CC1NC1CC(F)(F)C1. The number of hydrogen-bond donors (Lipinski definition) is 2. The van der Waals surface area contributed by atoms with Crippen LogP contribution >= 0.6 is 0 Å². The van der Waals surface area contributed by atoms with Gasteiger partial charge in [0.05, 0.1) is 6.10 Å². The molecule has 0 spiro atoms. The molecule has 2 unspecified atom stereocenters. The maximum absolute atomic E-state index is 12.5. The van der Waals surface area contributed by atoms with Gasteiger partial charge >= 0.3 is 0 Å². The molecule has 2 aliphatic rings. The van der Waals surface area contributed by atoms with E-state index in [1.165, 1.54) is 0 Å². The van der Waals surface area contributed by atoms with Crippen molar-refractivity contribution in [3.63, 3.8) is 0 Å². The van der Waals surface area contributed by atoms with E-state index in [0.29, 0.717) is 6.42 Å². The fraction of sp³-hybridized carbons (Fsp3) is 1.00. The van der Waals surface area contributed by atoms with E-state index in [1.807, 2.05) is 13.8 Å². The number of alkyl halides is 2. The summed E-state index contributed by atoms with van der Waals surface area (Å²) in [7, 11) is 0. The van der Waals surface area contributed by atoms with E-state index in [4.69, 9.17) is 0 Å². The molecule has 82 valence electrons. The van der Waals surface area contributed by atoms with E-state index >= 15 is 0 Å². The highest BCUT2D eigenvalue weighted by molar-refractivity contribution is 5.05. The van der Waals surface area contributed by atoms with Gasteiger partial charge in [-0.25, -0.2) is 8.78 Å². The Kier molecular flexibility index (Phi) is 2.13. The van der Waals surface area contributed by atoms with E-state index < -0.39 is 5.92 Å². The molecule has 0 radical (unpaired) electrons. The van der Waals surface area contributed by atoms with Gasteiger partial charge < -0.3 is 10.4 Å². The molecule has 2 rings (SSSR count). The monoisotopic (exact) mass is 205 g/mol. The Labute approximate surface area is 82.7 Å². The second-order valence-electron chi connectivity index (χ2n) is 5.25. The Hall–Kier alpha value is -0.220. The molecule has 2 aliphatic carbocycles. The lowest BCUT2D eigenvalue weighted by Crippen LogP contribution is -2.64. The first kappa shape index (κ1) is 10.3. The summed E-state index contributed by atoms with van der Waals surface area (Å²) >= 11 is 0. The summed E-state index contributed by atoms with van der Waals surface area (Å²) in [4.78, 5) is 0. The van der Waals surface area contributed by atoms with Crippen LogP contribution in [0.1, 0.15) is 33.1 Å². The normalized spacial score (nSPS) is 40.1. The summed E-state index contributed by atoms with van der Waals surface area (Å²) in [6.45, 7) is 3.94. The summed E-state index contributed by atoms with van der Waals surface area (Å²) in [6, 6.07) is 0.139. The van der Waals surface area contributed by atoms with Gasteiger partial charge in [-0.2, -0.15) is 0 Å². The highest BCUT2D eigenvalue weighted by Gasteiger charge is 2.52. The Morgan fingerprint density at radius 1 is 1.29 bits per heavy atom. The third kappa shape index (κ3) is 1.54. The van der Waals surface area contributed by atoms with Crippen molar-refractivity contribution in [3.8, 4) is 0 Å². The minimum atomic E-state index is -2.45. The second-order valence-corrected chi connectivity index (χ2v) is 5.25. The third-order valence-corrected chi connectivity index (χ3v) is 3.74. The van der Waals surface area contributed by atoms with Crippen LogP contribution in [-0.2, 0) is 0 Å². The average molecular weight is 205 g/mol. The molecular formula is C10H17F2NO. The Bertz CT molecular complexity index is 234. The van der Waals surface area contributed by atoms with Crippen molar-refractivity contribution in [3.05, 3.63) is 0 Å². The molecule has 0 saturated heterocycles. The Morgan fingerprint density at radius 2 is 1.86 bits per heavy atom. The van der Waals surface area contributed by atoms with Gasteiger partial charge in [-0.3, -0.25) is 0 Å². The quantitative estimate of drug-likeness (QED) is 0.716. The summed E-state index contributed by atoms with van der Waals surface area (Å²) < 4.78 is 25.1. The van der Waals surface area contributed by atoms with Crippen LogP contribution in [-0.4, -0.2) is 29.2 Å². The smallest absolute Gasteiger partial charge is 0.251 e. The fourth-order valence-electron chi connectivity index (χ4n) is 2.25. The first-order chi connectivity index (χ1) is 6.31. The van der Waals surface area contributed by atoms with Gasteiger partial charge in [0.25, 0.3) is 5.92 Å². The molecule has 2 nitrogen and oxygen atoms in total. The predicted octanol–water partition coefficient (Wildman–Crippen LogP) is 1.53. The number of hydrogen-bond acceptors (Lipinski definition) is 2.